The van der Waals surface area contributed by atoms with Crippen LogP contribution >= 0.6 is 0 Å². The van der Waals surface area contributed by atoms with Crippen LogP contribution in [0.2, 0.25) is 0 Å². The third kappa shape index (κ3) is 5.76. The fourth-order valence-electron chi connectivity index (χ4n) is 4.29. The lowest BCUT2D eigenvalue weighted by molar-refractivity contribution is -0.137. The Kier molecular flexibility index (Phi) is 6.97. The van der Waals surface area contributed by atoms with Gasteiger partial charge in [-0.15, -0.1) is 0 Å². The summed E-state index contributed by atoms with van der Waals surface area (Å²) in [5.41, 5.74) is -0.557. The molecule has 2 fully saturated rings. The molecule has 1 aliphatic heterocycles. The summed E-state index contributed by atoms with van der Waals surface area (Å²) in [6.07, 6.45) is -2.13. The maximum Gasteiger partial charge on any atom is 0.416 e. The molecule has 1 heterocycles. The fraction of sp³-hybridized carbons (Fsp3) is 0.435. The van der Waals surface area contributed by atoms with Crippen LogP contribution in [-0.2, 0) is 21.0 Å². The number of likely N-dealkylation sites (tertiary alicyclic amines) is 1. The summed E-state index contributed by atoms with van der Waals surface area (Å²) < 4.78 is 80.7. The van der Waals surface area contributed by atoms with Gasteiger partial charge >= 0.3 is 6.18 Å². The Morgan fingerprint density at radius 2 is 1.76 bits per heavy atom. The highest BCUT2D eigenvalue weighted by molar-refractivity contribution is 7.89. The van der Waals surface area contributed by atoms with Crippen LogP contribution in [0.3, 0.4) is 0 Å². The number of hydrogen-bond acceptors (Lipinski definition) is 4. The SMILES string of the molecule is O=C(CN1CCCC(N(C2CC2)S(=O)(=O)c2cccc(C(F)(F)F)c2)C1)Nc1ccc(F)cc1. The first-order chi connectivity index (χ1) is 16.0. The Hall–Kier alpha value is -2.50. The van der Waals surface area contributed by atoms with Gasteiger partial charge in [-0.25, -0.2) is 12.8 Å². The molecule has 2 aromatic rings. The second kappa shape index (κ2) is 9.63. The molecule has 0 spiro atoms. The zero-order chi connectivity index (χ0) is 24.5. The molecule has 1 saturated carbocycles. The van der Waals surface area contributed by atoms with Gasteiger partial charge in [0.15, 0.2) is 0 Å². The molecular weight excluding hydrogens is 474 g/mol. The fourth-order valence-corrected chi connectivity index (χ4v) is 6.23. The number of anilines is 1. The van der Waals surface area contributed by atoms with Crippen molar-refractivity contribution in [1.82, 2.24) is 9.21 Å². The van der Waals surface area contributed by atoms with E-state index in [1.807, 2.05) is 4.90 Å². The smallest absolute Gasteiger partial charge is 0.325 e. The first-order valence-electron chi connectivity index (χ1n) is 11.0. The quantitative estimate of drug-likeness (QED) is 0.583. The van der Waals surface area contributed by atoms with Gasteiger partial charge in [0.05, 0.1) is 17.0 Å². The molecule has 2 aromatic carbocycles. The minimum Gasteiger partial charge on any atom is -0.325 e. The molecule has 1 amide bonds. The molecular formula is C23H25F4N3O3S. The lowest BCUT2D eigenvalue weighted by Gasteiger charge is -2.38. The molecule has 34 heavy (non-hydrogen) atoms. The number of hydrogen-bond donors (Lipinski definition) is 1. The molecule has 2 aliphatic rings. The summed E-state index contributed by atoms with van der Waals surface area (Å²) >= 11 is 0. The largest absolute Gasteiger partial charge is 0.416 e. The van der Waals surface area contributed by atoms with Crippen LogP contribution in [0.4, 0.5) is 23.2 Å². The number of benzene rings is 2. The second-order valence-corrected chi connectivity index (χ2v) is 10.5. The van der Waals surface area contributed by atoms with Crippen molar-refractivity contribution < 1.29 is 30.8 Å². The zero-order valence-corrected chi connectivity index (χ0v) is 19.1. The van der Waals surface area contributed by atoms with Crippen LogP contribution in [0.15, 0.2) is 53.4 Å². The molecule has 1 saturated heterocycles. The molecule has 1 atom stereocenters. The Bertz CT molecular complexity index is 1130. The van der Waals surface area contributed by atoms with Crippen LogP contribution in [0.25, 0.3) is 0 Å². The Morgan fingerprint density at radius 1 is 1.06 bits per heavy atom. The highest BCUT2D eigenvalue weighted by Gasteiger charge is 2.44. The summed E-state index contributed by atoms with van der Waals surface area (Å²) in [5, 5.41) is 2.69. The standard InChI is InChI=1S/C23H25F4N3O3S/c24-17-6-8-18(9-7-17)28-22(31)15-29-12-2-4-20(14-29)30(19-10-11-19)34(32,33)21-5-1-3-16(13-21)23(25,26)27/h1,3,5-9,13,19-20H,2,4,10-12,14-15H2,(H,28,31). The van der Waals surface area contributed by atoms with Crippen LogP contribution in [0.5, 0.6) is 0 Å². The van der Waals surface area contributed by atoms with Crippen LogP contribution < -0.4 is 5.32 Å². The minimum atomic E-state index is -4.64. The van der Waals surface area contributed by atoms with Crippen molar-refractivity contribution in [3.8, 4) is 0 Å². The van der Waals surface area contributed by atoms with E-state index in [-0.39, 0.29) is 23.4 Å². The van der Waals surface area contributed by atoms with E-state index in [1.54, 1.807) is 0 Å². The maximum atomic E-state index is 13.4. The van der Waals surface area contributed by atoms with E-state index in [0.29, 0.717) is 50.5 Å². The predicted octanol–water partition coefficient (Wildman–Crippen LogP) is 4.10. The van der Waals surface area contributed by atoms with Gasteiger partial charge in [0.2, 0.25) is 15.9 Å². The monoisotopic (exact) mass is 499 g/mol. The van der Waals surface area contributed by atoms with Crippen molar-refractivity contribution in [3.05, 3.63) is 59.9 Å². The Balaban J connectivity index is 1.48. The third-order valence-electron chi connectivity index (χ3n) is 5.98. The molecule has 0 radical (unpaired) electrons. The number of amides is 1. The number of carbonyl (C=O) groups excluding carboxylic acids is 1. The van der Waals surface area contributed by atoms with E-state index >= 15 is 0 Å². The molecule has 11 heteroatoms. The van der Waals surface area contributed by atoms with E-state index in [0.717, 1.165) is 12.1 Å². The summed E-state index contributed by atoms with van der Waals surface area (Å²) in [7, 11) is -4.15. The minimum absolute atomic E-state index is 0.0238. The molecule has 184 valence electrons. The molecule has 4 rings (SSSR count). The van der Waals surface area contributed by atoms with Gasteiger partial charge in [-0.1, -0.05) is 6.07 Å². The first kappa shape index (κ1) is 24.6. The number of rotatable bonds is 7. The van der Waals surface area contributed by atoms with Crippen molar-refractivity contribution >= 4 is 21.6 Å². The second-order valence-electron chi connectivity index (χ2n) is 8.68. The van der Waals surface area contributed by atoms with Gasteiger partial charge in [-0.2, -0.15) is 17.5 Å². The third-order valence-corrected chi connectivity index (χ3v) is 7.98. The van der Waals surface area contributed by atoms with Gasteiger partial charge in [0.1, 0.15) is 5.82 Å². The Labute approximate surface area is 195 Å². The van der Waals surface area contributed by atoms with Gasteiger partial charge < -0.3 is 5.32 Å². The first-order valence-corrected chi connectivity index (χ1v) is 12.5. The van der Waals surface area contributed by atoms with Crippen LogP contribution in [0.1, 0.15) is 31.2 Å². The van der Waals surface area contributed by atoms with Crippen molar-refractivity contribution in [2.24, 2.45) is 0 Å². The molecule has 0 aromatic heterocycles. The average molecular weight is 500 g/mol. The van der Waals surface area contributed by atoms with Crippen molar-refractivity contribution in [3.63, 3.8) is 0 Å². The van der Waals surface area contributed by atoms with Crippen molar-refractivity contribution in [2.45, 2.75) is 48.8 Å². The predicted molar refractivity (Wildman–Crippen MR) is 118 cm³/mol. The molecule has 6 nitrogen and oxygen atoms in total. The van der Waals surface area contributed by atoms with Gasteiger partial charge in [-0.3, -0.25) is 9.69 Å². The Morgan fingerprint density at radius 3 is 2.41 bits per heavy atom. The maximum absolute atomic E-state index is 13.4. The van der Waals surface area contributed by atoms with Crippen molar-refractivity contribution in [2.75, 3.05) is 25.0 Å². The topological polar surface area (TPSA) is 69.7 Å². The highest BCUT2D eigenvalue weighted by atomic mass is 32.2. The van der Waals surface area contributed by atoms with Crippen molar-refractivity contribution in [1.29, 1.82) is 0 Å². The van der Waals surface area contributed by atoms with Crippen LogP contribution in [0, 0.1) is 5.82 Å². The van der Waals surface area contributed by atoms with E-state index in [9.17, 15) is 30.8 Å². The molecule has 1 aliphatic carbocycles. The lowest BCUT2D eigenvalue weighted by Crippen LogP contribution is -2.52. The van der Waals surface area contributed by atoms with Gasteiger partial charge in [-0.05, 0) is 74.7 Å². The molecule has 1 unspecified atom stereocenters. The summed E-state index contributed by atoms with van der Waals surface area (Å²) in [6.45, 7) is 0.914. The number of halogens is 4. The lowest BCUT2D eigenvalue weighted by atomic mass is 10.1. The summed E-state index contributed by atoms with van der Waals surface area (Å²) in [5.74, 6) is -0.731. The van der Waals surface area contributed by atoms with E-state index in [2.05, 4.69) is 5.32 Å². The number of piperidine rings is 1. The highest BCUT2D eigenvalue weighted by Crippen LogP contribution is 2.37. The number of nitrogens with one attached hydrogen (secondary N) is 1. The number of sulfonamides is 1. The zero-order valence-electron chi connectivity index (χ0n) is 18.3. The normalized spacial score (nSPS) is 19.9. The summed E-state index contributed by atoms with van der Waals surface area (Å²) in [4.78, 5) is 13.9. The average Bonchev–Trinajstić information content (AvgIpc) is 3.60. The van der Waals surface area contributed by atoms with Gasteiger partial charge in [0.25, 0.3) is 0 Å². The summed E-state index contributed by atoms with van der Waals surface area (Å²) in [6, 6.07) is 8.49. The molecule has 1 N–H and O–H groups in total. The number of nitrogens with zero attached hydrogens (tertiary/aromatic N) is 2. The molecule has 0 bridgehead atoms. The van der Waals surface area contributed by atoms with Gasteiger partial charge in [0, 0.05) is 24.3 Å². The van der Waals surface area contributed by atoms with E-state index < -0.39 is 33.6 Å². The van der Waals surface area contributed by atoms with E-state index in [4.69, 9.17) is 0 Å². The van der Waals surface area contributed by atoms with Crippen LogP contribution in [-0.4, -0.2) is 55.2 Å². The van der Waals surface area contributed by atoms with E-state index in [1.165, 1.54) is 34.6 Å². The number of carbonyl (C=O) groups is 1. The number of alkyl halides is 3.